The smallest absolute Gasteiger partial charge is 0.364 e. The van der Waals surface area contributed by atoms with Crippen LogP contribution in [0.25, 0.3) is 11.4 Å². The van der Waals surface area contributed by atoms with E-state index in [1.807, 2.05) is 4.68 Å². The Balaban J connectivity index is 1.31. The number of carbonyl (C=O) groups excluding carboxylic acids is 2. The maximum atomic E-state index is 14.5. The number of carboxylic acid groups (broad SMARTS) is 1. The molecule has 1 N–H and O–H groups in total. The van der Waals surface area contributed by atoms with Crippen molar-refractivity contribution in [3.63, 3.8) is 0 Å². The van der Waals surface area contributed by atoms with E-state index in [0.29, 0.717) is 17.5 Å². The number of aliphatic carboxylic acids is 1. The number of aromatic nitrogens is 3. The molecule has 0 atom stereocenters. The number of fused-ring (bicyclic) bond motifs is 1. The molecule has 1 aliphatic heterocycles. The molecule has 2 aliphatic rings. The van der Waals surface area contributed by atoms with Crippen LogP contribution >= 0.6 is 0 Å². The first-order valence-electron chi connectivity index (χ1n) is 12.0. The van der Waals surface area contributed by atoms with Gasteiger partial charge in [-0.1, -0.05) is 12.1 Å². The van der Waals surface area contributed by atoms with Crippen LogP contribution in [0.2, 0.25) is 0 Å². The van der Waals surface area contributed by atoms with Crippen molar-refractivity contribution in [2.75, 3.05) is 13.2 Å². The summed E-state index contributed by atoms with van der Waals surface area (Å²) in [5.41, 5.74) is 0.833. The molecule has 9 nitrogen and oxygen atoms in total. The van der Waals surface area contributed by atoms with Crippen molar-refractivity contribution in [1.29, 1.82) is 0 Å². The summed E-state index contributed by atoms with van der Waals surface area (Å²) in [4.78, 5) is 42.2. The number of imide groups is 1. The zero-order chi connectivity index (χ0) is 26.3. The predicted molar refractivity (Wildman–Crippen MR) is 131 cm³/mol. The number of hydrogen-bond acceptors (Lipinski definition) is 6. The second kappa shape index (κ2) is 9.61. The van der Waals surface area contributed by atoms with Crippen molar-refractivity contribution in [2.24, 2.45) is 0 Å². The summed E-state index contributed by atoms with van der Waals surface area (Å²) in [7, 11) is 0. The van der Waals surface area contributed by atoms with E-state index >= 15 is 0 Å². The van der Waals surface area contributed by atoms with E-state index in [2.05, 4.69) is 18.9 Å². The first kappa shape index (κ1) is 24.4. The van der Waals surface area contributed by atoms with Gasteiger partial charge in [0.25, 0.3) is 11.8 Å². The lowest BCUT2D eigenvalue weighted by atomic mass is 10.1. The molecule has 0 unspecified atom stereocenters. The minimum absolute atomic E-state index is 0.191. The van der Waals surface area contributed by atoms with Crippen LogP contribution in [-0.4, -0.2) is 55.7 Å². The van der Waals surface area contributed by atoms with Crippen molar-refractivity contribution >= 4 is 17.8 Å². The highest BCUT2D eigenvalue weighted by atomic mass is 19.1. The fourth-order valence-corrected chi connectivity index (χ4v) is 4.23. The molecule has 1 saturated carbocycles. The minimum atomic E-state index is -1.80. The Kier molecular flexibility index (Phi) is 6.32. The summed E-state index contributed by atoms with van der Waals surface area (Å²) >= 11 is 0. The predicted octanol–water partition coefficient (Wildman–Crippen LogP) is 4.39. The van der Waals surface area contributed by atoms with Crippen LogP contribution < -0.4 is 4.74 Å². The normalized spacial score (nSPS) is 15.7. The molecule has 2 heterocycles. The van der Waals surface area contributed by atoms with E-state index in [1.54, 1.807) is 36.4 Å². The molecule has 1 fully saturated rings. The highest BCUT2D eigenvalue weighted by molar-refractivity contribution is 6.21. The Morgan fingerprint density at radius 1 is 1.08 bits per heavy atom. The molecule has 0 radical (unpaired) electrons. The van der Waals surface area contributed by atoms with E-state index in [9.17, 15) is 23.9 Å². The molecule has 2 aromatic carbocycles. The van der Waals surface area contributed by atoms with Gasteiger partial charge in [0.1, 0.15) is 18.2 Å². The quantitative estimate of drug-likeness (QED) is 0.340. The summed E-state index contributed by atoms with van der Waals surface area (Å²) in [6.07, 6.45) is 2.22. The number of halogens is 1. The molecule has 37 heavy (non-hydrogen) atoms. The van der Waals surface area contributed by atoms with Crippen LogP contribution in [0.5, 0.6) is 5.75 Å². The fourth-order valence-electron chi connectivity index (χ4n) is 4.23. The molecule has 190 valence electrons. The van der Waals surface area contributed by atoms with E-state index < -0.39 is 36.8 Å². The van der Waals surface area contributed by atoms with Gasteiger partial charge in [0.15, 0.2) is 5.82 Å². The summed E-state index contributed by atoms with van der Waals surface area (Å²) in [6, 6.07) is 13.3. The molecule has 5 rings (SSSR count). The molecule has 1 aromatic heterocycles. The van der Waals surface area contributed by atoms with Crippen LogP contribution in [-0.2, 0) is 4.79 Å². The van der Waals surface area contributed by atoms with Crippen molar-refractivity contribution < 1.29 is 28.6 Å². The minimum Gasteiger partial charge on any atom is -0.489 e. The van der Waals surface area contributed by atoms with E-state index in [-0.39, 0.29) is 22.7 Å². The second-order valence-electron chi connectivity index (χ2n) is 9.38. The SMILES string of the molecule is CC(C)n1nc(-c2ccc(OC/C(CN3C(=O)c4ccccc4C3=O)=C(/F)C(=O)O)cc2)nc1C1CC1. The number of amides is 2. The Bertz CT molecular complexity index is 1370. The molecular formula is C27H25FN4O5. The highest BCUT2D eigenvalue weighted by Gasteiger charge is 2.36. The van der Waals surface area contributed by atoms with Crippen molar-refractivity contribution in [2.45, 2.75) is 38.6 Å². The van der Waals surface area contributed by atoms with Crippen molar-refractivity contribution in [1.82, 2.24) is 19.7 Å². The monoisotopic (exact) mass is 504 g/mol. The molecule has 1 aliphatic carbocycles. The number of rotatable bonds is 9. The van der Waals surface area contributed by atoms with Crippen LogP contribution in [0.1, 0.15) is 65.2 Å². The number of benzene rings is 2. The molecule has 10 heteroatoms. The third-order valence-electron chi connectivity index (χ3n) is 6.34. The zero-order valence-corrected chi connectivity index (χ0v) is 20.3. The fraction of sp³-hybridized carbons (Fsp3) is 0.296. The van der Waals surface area contributed by atoms with Gasteiger partial charge in [0.05, 0.1) is 17.7 Å². The second-order valence-corrected chi connectivity index (χ2v) is 9.38. The Labute approximate surface area is 212 Å². The number of carboxylic acids is 1. The first-order valence-corrected chi connectivity index (χ1v) is 12.0. The van der Waals surface area contributed by atoms with Crippen molar-refractivity contribution in [3.05, 3.63) is 76.9 Å². The number of carbonyl (C=O) groups is 3. The van der Waals surface area contributed by atoms with E-state index in [4.69, 9.17) is 9.72 Å². The van der Waals surface area contributed by atoms with Gasteiger partial charge in [-0.25, -0.2) is 14.5 Å². The number of nitrogens with zero attached hydrogens (tertiary/aromatic N) is 4. The molecule has 3 aromatic rings. The first-order chi connectivity index (χ1) is 17.7. The number of hydrogen-bond donors (Lipinski definition) is 1. The van der Waals surface area contributed by atoms with Gasteiger partial charge < -0.3 is 9.84 Å². The third kappa shape index (κ3) is 4.74. The van der Waals surface area contributed by atoms with Crippen LogP contribution in [0, 0.1) is 0 Å². The summed E-state index contributed by atoms with van der Waals surface area (Å²) < 4.78 is 22.1. The van der Waals surface area contributed by atoms with Crippen LogP contribution in [0.4, 0.5) is 4.39 Å². The van der Waals surface area contributed by atoms with Gasteiger partial charge in [-0.05, 0) is 63.1 Å². The zero-order valence-electron chi connectivity index (χ0n) is 20.3. The Morgan fingerprint density at radius 2 is 1.70 bits per heavy atom. The Morgan fingerprint density at radius 3 is 2.24 bits per heavy atom. The summed E-state index contributed by atoms with van der Waals surface area (Å²) in [5, 5.41) is 13.9. The maximum absolute atomic E-state index is 14.5. The van der Waals surface area contributed by atoms with Gasteiger partial charge in [-0.3, -0.25) is 14.5 Å². The van der Waals surface area contributed by atoms with Gasteiger partial charge in [0.2, 0.25) is 5.83 Å². The van der Waals surface area contributed by atoms with Crippen LogP contribution in [0.15, 0.2) is 59.9 Å². The average molecular weight is 505 g/mol. The van der Waals surface area contributed by atoms with Crippen molar-refractivity contribution in [3.8, 4) is 17.1 Å². The van der Waals surface area contributed by atoms with Gasteiger partial charge >= 0.3 is 5.97 Å². The van der Waals surface area contributed by atoms with Gasteiger partial charge in [0, 0.05) is 23.1 Å². The van der Waals surface area contributed by atoms with Gasteiger partial charge in [-0.2, -0.15) is 9.49 Å². The average Bonchev–Trinajstić information content (AvgIpc) is 3.60. The third-order valence-corrected chi connectivity index (χ3v) is 6.34. The topological polar surface area (TPSA) is 115 Å². The summed E-state index contributed by atoms with van der Waals surface area (Å²) in [6.45, 7) is 3.12. The molecular weight excluding hydrogens is 479 g/mol. The molecule has 0 saturated heterocycles. The Hall–Kier alpha value is -4.34. The van der Waals surface area contributed by atoms with Gasteiger partial charge in [-0.15, -0.1) is 0 Å². The van der Waals surface area contributed by atoms with E-state index in [0.717, 1.165) is 29.1 Å². The lowest BCUT2D eigenvalue weighted by molar-refractivity contribution is -0.134. The lowest BCUT2D eigenvalue weighted by Crippen LogP contribution is -2.33. The standard InChI is InChI=1S/C27H25FN4O5/c1-15(2)32-24(17-7-8-17)29-23(30-32)16-9-11-19(12-10-16)37-14-18(22(28)27(35)36)13-31-25(33)20-5-3-4-6-21(20)26(31)34/h3-6,9-12,15,17H,7-8,13-14H2,1-2H3,(H,35,36)/b22-18+. The number of ether oxygens (including phenoxy) is 1. The molecule has 2 amide bonds. The van der Waals surface area contributed by atoms with Crippen LogP contribution in [0.3, 0.4) is 0 Å². The van der Waals surface area contributed by atoms with E-state index in [1.165, 1.54) is 12.1 Å². The largest absolute Gasteiger partial charge is 0.489 e. The maximum Gasteiger partial charge on any atom is 0.364 e. The molecule has 0 bridgehead atoms. The molecule has 0 spiro atoms. The lowest BCUT2D eigenvalue weighted by Gasteiger charge is -2.17. The summed E-state index contributed by atoms with van der Waals surface area (Å²) in [5.74, 6) is -2.11. The highest BCUT2D eigenvalue weighted by Crippen LogP contribution is 2.40.